The van der Waals surface area contributed by atoms with Gasteiger partial charge >= 0.3 is 0 Å². The van der Waals surface area contributed by atoms with Crippen LogP contribution in [0.3, 0.4) is 0 Å². The van der Waals surface area contributed by atoms with Gasteiger partial charge in [-0.05, 0) is 24.1 Å². The molecule has 1 N–H and O–H groups in total. The first-order valence-electron chi connectivity index (χ1n) is 6.12. The molecule has 0 aliphatic heterocycles. The van der Waals surface area contributed by atoms with Gasteiger partial charge in [-0.2, -0.15) is 0 Å². The summed E-state index contributed by atoms with van der Waals surface area (Å²) in [5, 5.41) is 0. The fourth-order valence-electron chi connectivity index (χ4n) is 1.85. The lowest BCUT2D eigenvalue weighted by atomic mass is 10.1. The van der Waals surface area contributed by atoms with Crippen LogP contribution in [0.2, 0.25) is 0 Å². The lowest BCUT2D eigenvalue weighted by Gasteiger charge is -2.08. The van der Waals surface area contributed by atoms with Gasteiger partial charge in [-0.1, -0.05) is 48.5 Å². The van der Waals surface area contributed by atoms with E-state index in [9.17, 15) is 13.2 Å². The number of carbonyl (C=O) groups excluding carboxylic acids is 1. The Balaban J connectivity index is 2.13. The van der Waals surface area contributed by atoms with Gasteiger partial charge in [-0.3, -0.25) is 4.79 Å². The molecule has 0 fully saturated rings. The first-order valence-corrected chi connectivity index (χ1v) is 7.77. The molecule has 0 aromatic heterocycles. The van der Waals surface area contributed by atoms with Crippen LogP contribution < -0.4 is 4.72 Å². The predicted molar refractivity (Wildman–Crippen MR) is 77.7 cm³/mol. The molecule has 0 saturated heterocycles. The van der Waals surface area contributed by atoms with Crippen molar-refractivity contribution in [3.8, 4) is 0 Å². The molecule has 5 heteroatoms. The molecule has 20 heavy (non-hydrogen) atoms. The minimum absolute atomic E-state index is 0.217. The molecule has 0 atom stereocenters. The lowest BCUT2D eigenvalue weighted by Crippen LogP contribution is -2.32. The molecule has 0 radical (unpaired) electrons. The standard InChI is InChI=1S/C15H15NO3S/c1-12-7-5-6-10-14(12)15(17)16-20(18,19)11-13-8-3-2-4-9-13/h2-10H,11H2,1H3,(H,16,17). The van der Waals surface area contributed by atoms with Crippen LogP contribution >= 0.6 is 0 Å². The van der Waals surface area contributed by atoms with Crippen molar-refractivity contribution in [3.05, 3.63) is 71.3 Å². The second-order valence-corrected chi connectivity index (χ2v) is 6.21. The maximum Gasteiger partial charge on any atom is 0.264 e. The van der Waals surface area contributed by atoms with E-state index in [2.05, 4.69) is 4.72 Å². The van der Waals surface area contributed by atoms with Crippen LogP contribution in [0, 0.1) is 6.92 Å². The van der Waals surface area contributed by atoms with Crippen molar-refractivity contribution >= 4 is 15.9 Å². The van der Waals surface area contributed by atoms with Gasteiger partial charge in [0.05, 0.1) is 5.75 Å². The zero-order valence-corrected chi connectivity index (χ0v) is 11.9. The lowest BCUT2D eigenvalue weighted by molar-refractivity contribution is 0.0981. The van der Waals surface area contributed by atoms with Gasteiger partial charge in [0.15, 0.2) is 0 Å². The van der Waals surface area contributed by atoms with E-state index in [4.69, 9.17) is 0 Å². The summed E-state index contributed by atoms with van der Waals surface area (Å²) in [6, 6.07) is 15.6. The summed E-state index contributed by atoms with van der Waals surface area (Å²) in [6.07, 6.45) is 0. The predicted octanol–water partition coefficient (Wildman–Crippen LogP) is 2.25. The van der Waals surface area contributed by atoms with Gasteiger partial charge in [0.25, 0.3) is 5.91 Å². The van der Waals surface area contributed by atoms with E-state index in [1.807, 2.05) is 6.07 Å². The fraction of sp³-hybridized carbons (Fsp3) is 0.133. The minimum atomic E-state index is -3.70. The number of amides is 1. The molecule has 0 saturated carbocycles. The van der Waals surface area contributed by atoms with Gasteiger partial charge in [0.2, 0.25) is 10.0 Å². The van der Waals surface area contributed by atoms with Crippen molar-refractivity contribution in [3.63, 3.8) is 0 Å². The number of aryl methyl sites for hydroxylation is 1. The molecule has 104 valence electrons. The van der Waals surface area contributed by atoms with E-state index in [1.165, 1.54) is 0 Å². The molecule has 0 aliphatic carbocycles. The number of hydrogen-bond donors (Lipinski definition) is 1. The van der Waals surface area contributed by atoms with Crippen LogP contribution in [0.5, 0.6) is 0 Å². The second-order valence-electron chi connectivity index (χ2n) is 4.49. The second kappa shape index (κ2) is 5.88. The van der Waals surface area contributed by atoms with Crippen LogP contribution in [0.15, 0.2) is 54.6 Å². The van der Waals surface area contributed by atoms with Crippen molar-refractivity contribution in [1.29, 1.82) is 0 Å². The molecule has 2 aromatic rings. The molecular weight excluding hydrogens is 274 g/mol. The summed E-state index contributed by atoms with van der Waals surface area (Å²) >= 11 is 0. The SMILES string of the molecule is Cc1ccccc1C(=O)NS(=O)(=O)Cc1ccccc1. The van der Waals surface area contributed by atoms with E-state index in [-0.39, 0.29) is 5.75 Å². The van der Waals surface area contributed by atoms with Gasteiger partial charge in [-0.25, -0.2) is 13.1 Å². The third-order valence-electron chi connectivity index (χ3n) is 2.84. The van der Waals surface area contributed by atoms with E-state index >= 15 is 0 Å². The van der Waals surface area contributed by atoms with E-state index < -0.39 is 15.9 Å². The number of rotatable bonds is 4. The molecule has 0 aliphatic rings. The third kappa shape index (κ3) is 3.68. The molecule has 4 nitrogen and oxygen atoms in total. The van der Waals surface area contributed by atoms with Gasteiger partial charge in [-0.15, -0.1) is 0 Å². The minimum Gasteiger partial charge on any atom is -0.268 e. The number of nitrogens with one attached hydrogen (secondary N) is 1. The Hall–Kier alpha value is -2.14. The summed E-state index contributed by atoms with van der Waals surface area (Å²) in [6.45, 7) is 1.76. The Morgan fingerprint density at radius 2 is 1.60 bits per heavy atom. The normalized spacial score (nSPS) is 11.1. The topological polar surface area (TPSA) is 63.2 Å². The van der Waals surface area contributed by atoms with Crippen molar-refractivity contribution in [1.82, 2.24) is 4.72 Å². The number of hydrogen-bond acceptors (Lipinski definition) is 3. The van der Waals surface area contributed by atoms with Crippen LogP contribution in [0.4, 0.5) is 0 Å². The largest absolute Gasteiger partial charge is 0.268 e. The molecule has 0 heterocycles. The third-order valence-corrected chi connectivity index (χ3v) is 4.05. The number of carbonyl (C=O) groups is 1. The van der Waals surface area contributed by atoms with Crippen LogP contribution in [0.25, 0.3) is 0 Å². The van der Waals surface area contributed by atoms with E-state index in [0.29, 0.717) is 11.1 Å². The Labute approximate surface area is 118 Å². The summed E-state index contributed by atoms with van der Waals surface area (Å²) in [4.78, 5) is 12.0. The highest BCUT2D eigenvalue weighted by Gasteiger charge is 2.17. The highest BCUT2D eigenvalue weighted by molar-refractivity contribution is 7.89. The summed E-state index contributed by atoms with van der Waals surface area (Å²) in [5.41, 5.74) is 1.74. The molecule has 1 amide bonds. The molecule has 0 spiro atoms. The fourth-order valence-corrected chi connectivity index (χ4v) is 2.95. The summed E-state index contributed by atoms with van der Waals surface area (Å²) < 4.78 is 26.0. The quantitative estimate of drug-likeness (QED) is 0.939. The number of benzene rings is 2. The van der Waals surface area contributed by atoms with Crippen LogP contribution in [0.1, 0.15) is 21.5 Å². The van der Waals surface area contributed by atoms with Crippen LogP contribution in [-0.4, -0.2) is 14.3 Å². The Morgan fingerprint density at radius 3 is 2.25 bits per heavy atom. The Morgan fingerprint density at radius 1 is 1.00 bits per heavy atom. The van der Waals surface area contributed by atoms with Crippen LogP contribution in [-0.2, 0) is 15.8 Å². The molecular formula is C15H15NO3S. The maximum atomic E-state index is 12.0. The summed E-state index contributed by atoms with van der Waals surface area (Å²) in [7, 11) is -3.70. The number of sulfonamides is 1. The van der Waals surface area contributed by atoms with Gasteiger partial charge in [0, 0.05) is 5.56 Å². The van der Waals surface area contributed by atoms with E-state index in [1.54, 1.807) is 55.5 Å². The maximum absolute atomic E-state index is 12.0. The van der Waals surface area contributed by atoms with Gasteiger partial charge in [0.1, 0.15) is 0 Å². The zero-order chi connectivity index (χ0) is 14.6. The highest BCUT2D eigenvalue weighted by atomic mass is 32.2. The smallest absolute Gasteiger partial charge is 0.264 e. The average molecular weight is 289 g/mol. The van der Waals surface area contributed by atoms with Crippen molar-refractivity contribution in [2.45, 2.75) is 12.7 Å². The molecule has 0 unspecified atom stereocenters. The van der Waals surface area contributed by atoms with Crippen molar-refractivity contribution < 1.29 is 13.2 Å². The molecule has 0 bridgehead atoms. The Bertz CT molecular complexity index is 709. The van der Waals surface area contributed by atoms with E-state index in [0.717, 1.165) is 5.56 Å². The zero-order valence-electron chi connectivity index (χ0n) is 11.0. The average Bonchev–Trinajstić information content (AvgIpc) is 2.39. The Kier molecular flexibility index (Phi) is 4.20. The van der Waals surface area contributed by atoms with Crippen molar-refractivity contribution in [2.75, 3.05) is 0 Å². The highest BCUT2D eigenvalue weighted by Crippen LogP contribution is 2.09. The first kappa shape index (κ1) is 14.3. The molecule has 2 aromatic carbocycles. The monoisotopic (exact) mass is 289 g/mol. The molecule has 2 rings (SSSR count). The van der Waals surface area contributed by atoms with Gasteiger partial charge < -0.3 is 0 Å². The summed E-state index contributed by atoms with van der Waals surface area (Å²) in [5.74, 6) is -0.815. The van der Waals surface area contributed by atoms with Crippen molar-refractivity contribution in [2.24, 2.45) is 0 Å². The first-order chi connectivity index (χ1) is 9.48.